The summed E-state index contributed by atoms with van der Waals surface area (Å²) >= 11 is 5.65. The molecule has 0 unspecified atom stereocenters. The number of rotatable bonds is 3. The van der Waals surface area contributed by atoms with Crippen LogP contribution in [0, 0.1) is 12.7 Å². The molecule has 3 nitrogen and oxygen atoms in total. The maximum Gasteiger partial charge on any atom is 0.338 e. The minimum Gasteiger partial charge on any atom is -0.457 e. The Hall–Kier alpha value is -2.07. The molecule has 0 spiro atoms. The minimum atomic E-state index is -0.504. The highest BCUT2D eigenvalue weighted by atomic mass is 35.5. The number of halogens is 2. The van der Waals surface area contributed by atoms with Crippen molar-refractivity contribution in [3.8, 4) is 0 Å². The van der Waals surface area contributed by atoms with E-state index in [1.807, 2.05) is 6.92 Å². The molecular formula is C15H13ClFNO2. The number of nitrogens with two attached hydrogens (primary N) is 1. The molecule has 0 atom stereocenters. The lowest BCUT2D eigenvalue weighted by Gasteiger charge is -2.07. The summed E-state index contributed by atoms with van der Waals surface area (Å²) in [5.41, 5.74) is 8.15. The lowest BCUT2D eigenvalue weighted by molar-refractivity contribution is 0.0472. The Kier molecular flexibility index (Phi) is 4.25. The topological polar surface area (TPSA) is 52.3 Å². The molecule has 2 rings (SSSR count). The van der Waals surface area contributed by atoms with E-state index < -0.39 is 11.8 Å². The van der Waals surface area contributed by atoms with Crippen LogP contribution in [0.2, 0.25) is 5.02 Å². The lowest BCUT2D eigenvalue weighted by atomic mass is 10.1. The molecule has 2 N–H and O–H groups in total. The molecule has 20 heavy (non-hydrogen) atoms. The SMILES string of the molecule is Cc1cc(C(=O)OCc2ccc(F)c(Cl)c2)ccc1N. The van der Waals surface area contributed by atoms with Crippen LogP contribution in [-0.2, 0) is 11.3 Å². The summed E-state index contributed by atoms with van der Waals surface area (Å²) < 4.78 is 18.1. The Bertz CT molecular complexity index is 658. The zero-order valence-corrected chi connectivity index (χ0v) is 11.6. The summed E-state index contributed by atoms with van der Waals surface area (Å²) in [6.45, 7) is 1.84. The van der Waals surface area contributed by atoms with Crippen molar-refractivity contribution in [2.75, 3.05) is 5.73 Å². The molecule has 0 bridgehead atoms. The molecule has 0 aliphatic rings. The van der Waals surface area contributed by atoms with Crippen molar-refractivity contribution in [2.24, 2.45) is 0 Å². The van der Waals surface area contributed by atoms with Gasteiger partial charge >= 0.3 is 5.97 Å². The van der Waals surface area contributed by atoms with Gasteiger partial charge in [0.2, 0.25) is 0 Å². The number of hydrogen-bond acceptors (Lipinski definition) is 3. The molecule has 0 radical (unpaired) electrons. The fraction of sp³-hybridized carbons (Fsp3) is 0.133. The van der Waals surface area contributed by atoms with E-state index in [2.05, 4.69) is 0 Å². The largest absolute Gasteiger partial charge is 0.457 e. The van der Waals surface area contributed by atoms with Gasteiger partial charge in [-0.2, -0.15) is 0 Å². The zero-order chi connectivity index (χ0) is 14.7. The van der Waals surface area contributed by atoms with E-state index in [0.29, 0.717) is 16.8 Å². The Morgan fingerprint density at radius 2 is 2.05 bits per heavy atom. The molecule has 0 fully saturated rings. The Balaban J connectivity index is 2.04. The quantitative estimate of drug-likeness (QED) is 0.693. The Morgan fingerprint density at radius 3 is 2.70 bits per heavy atom. The van der Waals surface area contributed by atoms with Crippen LogP contribution in [0.3, 0.4) is 0 Å². The van der Waals surface area contributed by atoms with Gasteiger partial charge in [-0.05, 0) is 48.4 Å². The van der Waals surface area contributed by atoms with Gasteiger partial charge in [-0.15, -0.1) is 0 Å². The van der Waals surface area contributed by atoms with Crippen LogP contribution in [0.5, 0.6) is 0 Å². The van der Waals surface area contributed by atoms with Gasteiger partial charge in [0.25, 0.3) is 0 Å². The highest BCUT2D eigenvalue weighted by Gasteiger charge is 2.09. The van der Waals surface area contributed by atoms with Crippen molar-refractivity contribution < 1.29 is 13.9 Å². The first-order chi connectivity index (χ1) is 9.47. The fourth-order valence-corrected chi connectivity index (χ4v) is 1.87. The molecule has 0 aliphatic heterocycles. The maximum absolute atomic E-state index is 13.0. The molecule has 2 aromatic carbocycles. The number of carbonyl (C=O) groups is 1. The van der Waals surface area contributed by atoms with Gasteiger partial charge in [0.05, 0.1) is 10.6 Å². The first-order valence-electron chi connectivity index (χ1n) is 5.94. The number of ether oxygens (including phenoxy) is 1. The average molecular weight is 294 g/mol. The van der Waals surface area contributed by atoms with E-state index in [4.69, 9.17) is 22.1 Å². The average Bonchev–Trinajstić information content (AvgIpc) is 2.43. The smallest absolute Gasteiger partial charge is 0.338 e. The normalized spacial score (nSPS) is 10.3. The number of aryl methyl sites for hydroxylation is 1. The molecule has 104 valence electrons. The third-order valence-electron chi connectivity index (χ3n) is 2.86. The van der Waals surface area contributed by atoms with E-state index in [0.717, 1.165) is 5.56 Å². The van der Waals surface area contributed by atoms with Gasteiger partial charge < -0.3 is 10.5 Å². The van der Waals surface area contributed by atoms with Gasteiger partial charge in [0.15, 0.2) is 0 Å². The van der Waals surface area contributed by atoms with Crippen molar-refractivity contribution in [3.05, 3.63) is 63.9 Å². The molecular weight excluding hydrogens is 281 g/mol. The highest BCUT2D eigenvalue weighted by Crippen LogP contribution is 2.18. The van der Waals surface area contributed by atoms with Crippen LogP contribution in [0.15, 0.2) is 36.4 Å². The van der Waals surface area contributed by atoms with E-state index in [1.165, 1.54) is 18.2 Å². The second-order valence-electron chi connectivity index (χ2n) is 4.40. The third kappa shape index (κ3) is 3.27. The predicted molar refractivity (Wildman–Crippen MR) is 76.1 cm³/mol. The van der Waals surface area contributed by atoms with Gasteiger partial charge in [0.1, 0.15) is 12.4 Å². The molecule has 2 aromatic rings. The first kappa shape index (κ1) is 14.3. The summed E-state index contributed by atoms with van der Waals surface area (Å²) in [6.07, 6.45) is 0. The van der Waals surface area contributed by atoms with E-state index in [1.54, 1.807) is 18.2 Å². The monoisotopic (exact) mass is 293 g/mol. The molecule has 5 heteroatoms. The predicted octanol–water partition coefficient (Wildman–Crippen LogP) is 3.73. The van der Waals surface area contributed by atoms with E-state index in [-0.39, 0.29) is 11.6 Å². The molecule has 0 amide bonds. The van der Waals surface area contributed by atoms with Crippen molar-refractivity contribution in [1.82, 2.24) is 0 Å². The van der Waals surface area contributed by atoms with Crippen LogP contribution < -0.4 is 5.73 Å². The maximum atomic E-state index is 13.0. The van der Waals surface area contributed by atoms with Crippen molar-refractivity contribution in [2.45, 2.75) is 13.5 Å². The van der Waals surface area contributed by atoms with Gasteiger partial charge in [-0.3, -0.25) is 0 Å². The van der Waals surface area contributed by atoms with Gasteiger partial charge in [0, 0.05) is 5.69 Å². The Morgan fingerprint density at radius 1 is 1.30 bits per heavy atom. The summed E-state index contributed by atoms with van der Waals surface area (Å²) in [5, 5.41) is 0.00174. The second-order valence-corrected chi connectivity index (χ2v) is 4.80. The lowest BCUT2D eigenvalue weighted by Crippen LogP contribution is -2.06. The summed E-state index contributed by atoms with van der Waals surface area (Å²) in [7, 11) is 0. The van der Waals surface area contributed by atoms with Crippen molar-refractivity contribution in [3.63, 3.8) is 0 Å². The Labute approximate surface area is 121 Å². The number of carbonyl (C=O) groups excluding carboxylic acids is 1. The number of hydrogen-bond donors (Lipinski definition) is 1. The van der Waals surface area contributed by atoms with Crippen LogP contribution in [0.1, 0.15) is 21.5 Å². The zero-order valence-electron chi connectivity index (χ0n) is 10.8. The molecule has 0 aliphatic carbocycles. The molecule has 0 aromatic heterocycles. The standard InChI is InChI=1S/C15H13ClFNO2/c1-9-6-11(3-5-14(9)18)15(19)20-8-10-2-4-13(17)12(16)7-10/h2-7H,8,18H2,1H3. The molecule has 0 heterocycles. The van der Waals surface area contributed by atoms with Crippen molar-refractivity contribution >= 4 is 23.3 Å². The third-order valence-corrected chi connectivity index (χ3v) is 3.15. The highest BCUT2D eigenvalue weighted by molar-refractivity contribution is 6.30. The fourth-order valence-electron chi connectivity index (χ4n) is 1.66. The number of benzene rings is 2. The summed E-state index contributed by atoms with van der Waals surface area (Å²) in [5.74, 6) is -0.968. The van der Waals surface area contributed by atoms with Gasteiger partial charge in [-0.25, -0.2) is 9.18 Å². The van der Waals surface area contributed by atoms with E-state index in [9.17, 15) is 9.18 Å². The van der Waals surface area contributed by atoms with Crippen LogP contribution >= 0.6 is 11.6 Å². The minimum absolute atomic E-state index is 0.00174. The molecule has 0 saturated carbocycles. The van der Waals surface area contributed by atoms with Gasteiger partial charge in [-0.1, -0.05) is 17.7 Å². The van der Waals surface area contributed by atoms with Crippen LogP contribution in [-0.4, -0.2) is 5.97 Å². The second kappa shape index (κ2) is 5.92. The van der Waals surface area contributed by atoms with Crippen LogP contribution in [0.4, 0.5) is 10.1 Å². The molecule has 0 saturated heterocycles. The summed E-state index contributed by atoms with van der Waals surface area (Å²) in [4.78, 5) is 11.9. The van der Waals surface area contributed by atoms with Crippen molar-refractivity contribution in [1.29, 1.82) is 0 Å². The first-order valence-corrected chi connectivity index (χ1v) is 6.32. The number of anilines is 1. The number of nitrogen functional groups attached to an aromatic ring is 1. The number of esters is 1. The van der Waals surface area contributed by atoms with E-state index >= 15 is 0 Å². The van der Waals surface area contributed by atoms with Crippen LogP contribution in [0.25, 0.3) is 0 Å². The summed E-state index contributed by atoms with van der Waals surface area (Å²) in [6, 6.07) is 9.10.